The molecule has 0 radical (unpaired) electrons. The fourth-order valence-corrected chi connectivity index (χ4v) is 4.00. The van der Waals surface area contributed by atoms with Crippen molar-refractivity contribution in [2.75, 3.05) is 13.2 Å². The van der Waals surface area contributed by atoms with Crippen molar-refractivity contribution in [2.24, 2.45) is 0 Å². The minimum Gasteiger partial charge on any atom is -0.486 e. The zero-order valence-corrected chi connectivity index (χ0v) is 16.4. The Bertz CT molecular complexity index is 870. The van der Waals surface area contributed by atoms with E-state index < -0.39 is 0 Å². The molecule has 6 nitrogen and oxygen atoms in total. The van der Waals surface area contributed by atoms with Crippen LogP contribution in [0.3, 0.4) is 0 Å². The second-order valence-corrected chi connectivity index (χ2v) is 7.79. The van der Waals surface area contributed by atoms with Crippen molar-refractivity contribution in [1.29, 1.82) is 0 Å². The summed E-state index contributed by atoms with van der Waals surface area (Å²) in [4.78, 5) is 24.3. The van der Waals surface area contributed by atoms with Crippen LogP contribution in [0.15, 0.2) is 54.6 Å². The van der Waals surface area contributed by atoms with Gasteiger partial charge in [0.25, 0.3) is 0 Å². The van der Waals surface area contributed by atoms with Crippen LogP contribution in [0, 0.1) is 0 Å². The fraction of sp³-hybridized carbons (Fsp3) is 0.391. The zero-order valence-electron chi connectivity index (χ0n) is 16.4. The number of nitrogens with one attached hydrogen (secondary N) is 2. The first-order valence-corrected chi connectivity index (χ1v) is 10.1. The molecule has 0 saturated carbocycles. The second kappa shape index (κ2) is 8.55. The third kappa shape index (κ3) is 4.88. The summed E-state index contributed by atoms with van der Waals surface area (Å²) in [6, 6.07) is 17.6. The molecule has 0 unspecified atom stereocenters. The maximum Gasteiger partial charge on any atom is 0.220 e. The number of para-hydroxylation sites is 2. The number of fused-ring (bicyclic) bond motifs is 1. The predicted molar refractivity (Wildman–Crippen MR) is 109 cm³/mol. The Kier molecular flexibility index (Phi) is 5.69. The SMILES string of the molecule is O=C(CC[C@]1(Cc2ccccc2)CCC(=O)N1)NC[C@@H]1COc2ccccc2O1. The Balaban J connectivity index is 1.28. The van der Waals surface area contributed by atoms with Crippen LogP contribution in [0.4, 0.5) is 0 Å². The van der Waals surface area contributed by atoms with Gasteiger partial charge < -0.3 is 20.1 Å². The first kappa shape index (κ1) is 19.3. The highest BCUT2D eigenvalue weighted by Gasteiger charge is 2.37. The third-order valence-electron chi connectivity index (χ3n) is 5.55. The zero-order chi connectivity index (χ0) is 20.1. The Morgan fingerprint density at radius 1 is 1.10 bits per heavy atom. The smallest absolute Gasteiger partial charge is 0.220 e. The summed E-state index contributed by atoms with van der Waals surface area (Å²) in [6.45, 7) is 0.802. The van der Waals surface area contributed by atoms with Gasteiger partial charge in [0.2, 0.25) is 11.8 Å². The quantitative estimate of drug-likeness (QED) is 0.757. The van der Waals surface area contributed by atoms with Gasteiger partial charge in [-0.05, 0) is 37.0 Å². The molecule has 2 aromatic rings. The summed E-state index contributed by atoms with van der Waals surface area (Å²) in [5.74, 6) is 1.46. The van der Waals surface area contributed by atoms with Crippen LogP contribution in [-0.4, -0.2) is 36.6 Å². The van der Waals surface area contributed by atoms with E-state index >= 15 is 0 Å². The highest BCUT2D eigenvalue weighted by Crippen LogP contribution is 2.31. The number of carbonyl (C=O) groups is 2. The molecule has 2 aliphatic rings. The van der Waals surface area contributed by atoms with Crippen molar-refractivity contribution in [2.45, 2.75) is 43.7 Å². The largest absolute Gasteiger partial charge is 0.486 e. The van der Waals surface area contributed by atoms with Gasteiger partial charge >= 0.3 is 0 Å². The molecule has 29 heavy (non-hydrogen) atoms. The van der Waals surface area contributed by atoms with Crippen molar-refractivity contribution in [3.8, 4) is 11.5 Å². The lowest BCUT2D eigenvalue weighted by atomic mass is 9.85. The van der Waals surface area contributed by atoms with Crippen molar-refractivity contribution < 1.29 is 19.1 Å². The number of hydrogen-bond acceptors (Lipinski definition) is 4. The lowest BCUT2D eigenvalue weighted by Gasteiger charge is -2.30. The first-order valence-electron chi connectivity index (χ1n) is 10.1. The van der Waals surface area contributed by atoms with Crippen LogP contribution in [0.2, 0.25) is 0 Å². The highest BCUT2D eigenvalue weighted by molar-refractivity contribution is 5.80. The van der Waals surface area contributed by atoms with Crippen LogP contribution in [0.1, 0.15) is 31.2 Å². The number of carbonyl (C=O) groups excluding carboxylic acids is 2. The number of benzene rings is 2. The second-order valence-electron chi connectivity index (χ2n) is 7.79. The maximum absolute atomic E-state index is 12.4. The molecule has 0 spiro atoms. The van der Waals surface area contributed by atoms with E-state index in [2.05, 4.69) is 22.8 Å². The normalized spacial score (nSPS) is 22.8. The van der Waals surface area contributed by atoms with E-state index in [-0.39, 0.29) is 23.5 Å². The van der Waals surface area contributed by atoms with Gasteiger partial charge in [0.15, 0.2) is 11.5 Å². The molecular formula is C23H26N2O4. The molecule has 152 valence electrons. The fourth-order valence-electron chi connectivity index (χ4n) is 4.00. The van der Waals surface area contributed by atoms with Crippen molar-refractivity contribution in [3.63, 3.8) is 0 Å². The summed E-state index contributed by atoms with van der Waals surface area (Å²) in [5, 5.41) is 6.07. The third-order valence-corrected chi connectivity index (χ3v) is 5.55. The number of amides is 2. The molecule has 2 heterocycles. The predicted octanol–water partition coefficient (Wildman–Crippen LogP) is 2.61. The van der Waals surface area contributed by atoms with Crippen molar-refractivity contribution >= 4 is 11.8 Å². The lowest BCUT2D eigenvalue weighted by molar-refractivity contribution is -0.123. The molecule has 1 saturated heterocycles. The van der Waals surface area contributed by atoms with E-state index in [9.17, 15) is 9.59 Å². The van der Waals surface area contributed by atoms with Gasteiger partial charge in [-0.25, -0.2) is 0 Å². The molecular weight excluding hydrogens is 368 g/mol. The average molecular weight is 394 g/mol. The van der Waals surface area contributed by atoms with Gasteiger partial charge in [-0.1, -0.05) is 42.5 Å². The number of ether oxygens (including phenoxy) is 2. The van der Waals surface area contributed by atoms with E-state index in [1.54, 1.807) is 0 Å². The number of hydrogen-bond donors (Lipinski definition) is 2. The molecule has 1 fully saturated rings. The first-order chi connectivity index (χ1) is 14.1. The summed E-state index contributed by atoms with van der Waals surface area (Å²) < 4.78 is 11.6. The molecule has 0 aromatic heterocycles. The Labute approximate surface area is 170 Å². The van der Waals surface area contributed by atoms with Crippen molar-refractivity contribution in [3.05, 3.63) is 60.2 Å². The standard InChI is InChI=1S/C23H26N2O4/c26-21(24-15-18-16-28-19-8-4-5-9-20(19)29-18)10-12-23(13-11-22(27)25-23)14-17-6-2-1-3-7-17/h1-9,18H,10-16H2,(H,24,26)(H,25,27)/t18-,23-/m1/s1. The van der Waals surface area contributed by atoms with Crippen LogP contribution in [0.5, 0.6) is 11.5 Å². The molecule has 2 N–H and O–H groups in total. The molecule has 0 bridgehead atoms. The van der Waals surface area contributed by atoms with E-state index in [0.717, 1.165) is 18.6 Å². The van der Waals surface area contributed by atoms with Crippen LogP contribution < -0.4 is 20.1 Å². The summed E-state index contributed by atoms with van der Waals surface area (Å²) in [5.41, 5.74) is 0.820. The van der Waals surface area contributed by atoms with E-state index in [1.807, 2.05) is 42.5 Å². The monoisotopic (exact) mass is 394 g/mol. The van der Waals surface area contributed by atoms with Crippen LogP contribution >= 0.6 is 0 Å². The maximum atomic E-state index is 12.4. The summed E-state index contributed by atoms with van der Waals surface area (Å²) in [7, 11) is 0. The van der Waals surface area contributed by atoms with Gasteiger partial charge in [0.1, 0.15) is 12.7 Å². The van der Waals surface area contributed by atoms with Gasteiger partial charge in [-0.3, -0.25) is 9.59 Å². The minimum atomic E-state index is -0.348. The van der Waals surface area contributed by atoms with E-state index in [4.69, 9.17) is 9.47 Å². The molecule has 2 atom stereocenters. The molecule has 4 rings (SSSR count). The van der Waals surface area contributed by atoms with Crippen LogP contribution in [0.25, 0.3) is 0 Å². The minimum absolute atomic E-state index is 0.0407. The molecule has 2 aromatic carbocycles. The Morgan fingerprint density at radius 3 is 2.62 bits per heavy atom. The van der Waals surface area contributed by atoms with Gasteiger partial charge in [-0.15, -0.1) is 0 Å². The molecule has 6 heteroatoms. The van der Waals surface area contributed by atoms with Crippen LogP contribution in [-0.2, 0) is 16.0 Å². The summed E-state index contributed by atoms with van der Waals surface area (Å²) in [6.07, 6.45) is 2.77. The lowest BCUT2D eigenvalue weighted by Crippen LogP contribution is -2.45. The highest BCUT2D eigenvalue weighted by atomic mass is 16.6. The van der Waals surface area contributed by atoms with E-state index in [0.29, 0.717) is 38.2 Å². The summed E-state index contributed by atoms with van der Waals surface area (Å²) >= 11 is 0. The van der Waals surface area contributed by atoms with Gasteiger partial charge in [0, 0.05) is 18.4 Å². The van der Waals surface area contributed by atoms with Gasteiger partial charge in [-0.2, -0.15) is 0 Å². The average Bonchev–Trinajstić information content (AvgIpc) is 3.12. The van der Waals surface area contributed by atoms with E-state index in [1.165, 1.54) is 5.56 Å². The van der Waals surface area contributed by atoms with Gasteiger partial charge in [0.05, 0.1) is 6.54 Å². The number of rotatable bonds is 7. The van der Waals surface area contributed by atoms with Crippen molar-refractivity contribution in [1.82, 2.24) is 10.6 Å². The molecule has 2 amide bonds. The molecule has 2 aliphatic heterocycles. The Hall–Kier alpha value is -3.02. The molecule has 0 aliphatic carbocycles. The topological polar surface area (TPSA) is 76.7 Å². The Morgan fingerprint density at radius 2 is 1.86 bits per heavy atom.